The van der Waals surface area contributed by atoms with Crippen LogP contribution >= 0.6 is 0 Å². The molecule has 2 aromatic rings. The maximum Gasteiger partial charge on any atom is 0.408 e. The molecule has 1 aliphatic rings. The number of benzene rings is 1. The fraction of sp³-hybridized carbons (Fsp3) is 0.485. The van der Waals surface area contributed by atoms with Gasteiger partial charge in [-0.2, -0.15) is 0 Å². The molecule has 242 valence electrons. The van der Waals surface area contributed by atoms with Crippen molar-refractivity contribution in [1.29, 1.82) is 0 Å². The van der Waals surface area contributed by atoms with E-state index in [0.717, 1.165) is 5.56 Å². The highest BCUT2D eigenvalue weighted by Gasteiger charge is 2.38. The first-order valence-corrected chi connectivity index (χ1v) is 15.1. The van der Waals surface area contributed by atoms with E-state index in [2.05, 4.69) is 26.3 Å². The third kappa shape index (κ3) is 10.5. The maximum absolute atomic E-state index is 13.7. The van der Waals surface area contributed by atoms with Crippen LogP contribution in [0.3, 0.4) is 0 Å². The van der Waals surface area contributed by atoms with Crippen molar-refractivity contribution in [1.82, 2.24) is 26.3 Å². The third-order valence-electron chi connectivity index (χ3n) is 7.43. The lowest BCUT2D eigenvalue weighted by Gasteiger charge is -2.32. The first-order valence-electron chi connectivity index (χ1n) is 15.1. The highest BCUT2D eigenvalue weighted by Crippen LogP contribution is 2.21. The van der Waals surface area contributed by atoms with Gasteiger partial charge in [0.2, 0.25) is 29.3 Å². The van der Waals surface area contributed by atoms with Crippen molar-refractivity contribution in [3.05, 3.63) is 66.0 Å². The molecule has 2 heterocycles. The lowest BCUT2D eigenvalue weighted by molar-refractivity contribution is -0.133. The molecule has 0 aliphatic carbocycles. The van der Waals surface area contributed by atoms with Gasteiger partial charge in [-0.3, -0.25) is 29.0 Å². The Morgan fingerprint density at radius 2 is 1.58 bits per heavy atom. The molecule has 4 N–H and O–H groups in total. The molecule has 4 amide bonds. The number of carbonyl (C=O) groups is 6. The highest BCUT2D eigenvalue weighted by molar-refractivity contribution is 6.45. The van der Waals surface area contributed by atoms with Gasteiger partial charge in [-0.1, -0.05) is 65.0 Å². The Morgan fingerprint density at radius 1 is 0.933 bits per heavy atom. The zero-order valence-electron chi connectivity index (χ0n) is 26.4. The average molecular weight is 622 g/mol. The number of hydrogen-bond donors (Lipinski definition) is 4. The second-order valence-corrected chi connectivity index (χ2v) is 12.7. The smallest absolute Gasteiger partial charge is 0.408 e. The molecule has 1 fully saturated rings. The molecule has 0 radical (unpaired) electrons. The zero-order valence-corrected chi connectivity index (χ0v) is 26.4. The Bertz CT molecular complexity index is 1360. The summed E-state index contributed by atoms with van der Waals surface area (Å²) in [5.41, 5.74) is 0.116. The minimum Gasteiger partial charge on any atom is -0.445 e. The summed E-state index contributed by atoms with van der Waals surface area (Å²) in [7, 11) is 0. The Kier molecular flexibility index (Phi) is 12.3. The fourth-order valence-electron chi connectivity index (χ4n) is 4.97. The van der Waals surface area contributed by atoms with E-state index >= 15 is 0 Å². The summed E-state index contributed by atoms with van der Waals surface area (Å²) in [6, 6.07) is 7.90. The van der Waals surface area contributed by atoms with Crippen molar-refractivity contribution < 1.29 is 33.5 Å². The molecule has 0 bridgehead atoms. The number of aromatic nitrogens is 1. The molecule has 1 saturated heterocycles. The number of pyridine rings is 1. The summed E-state index contributed by atoms with van der Waals surface area (Å²) in [5.74, 6) is -3.80. The highest BCUT2D eigenvalue weighted by atomic mass is 16.5. The predicted molar refractivity (Wildman–Crippen MR) is 166 cm³/mol. The van der Waals surface area contributed by atoms with Crippen LogP contribution in [0.5, 0.6) is 0 Å². The SMILES string of the molecule is CC(C)C[C@H](NC(=O)[C@@H](NC(=O)OCc1ccncc1)C(C)(C)C)C(=O)NC(CC1CCNC1=O)C(=O)C(=O)c1ccccc1. The molecule has 4 atom stereocenters. The van der Waals surface area contributed by atoms with E-state index < -0.39 is 58.9 Å². The molecule has 1 aromatic heterocycles. The number of nitrogens with zero attached hydrogens (tertiary/aromatic N) is 1. The van der Waals surface area contributed by atoms with E-state index in [9.17, 15) is 28.8 Å². The monoisotopic (exact) mass is 621 g/mol. The number of hydrogen-bond acceptors (Lipinski definition) is 8. The standard InChI is InChI=1S/C33H43N5O7/c1-20(2)17-25(37-31(43)28(33(3,4)5)38-32(44)45-19-21-11-14-34-15-12-21)30(42)36-24(18-23-13-16-35-29(23)41)27(40)26(39)22-9-7-6-8-10-22/h6-12,14-15,20,23-25,28H,13,16-19H2,1-5H3,(H,35,41)(H,36,42)(H,37,43)(H,38,44)/t23?,24?,25-,28+/m0/s1. The number of amides is 4. The summed E-state index contributed by atoms with van der Waals surface area (Å²) < 4.78 is 5.29. The summed E-state index contributed by atoms with van der Waals surface area (Å²) in [5, 5.41) is 10.7. The molecule has 3 rings (SSSR count). The summed E-state index contributed by atoms with van der Waals surface area (Å²) >= 11 is 0. The van der Waals surface area contributed by atoms with Crippen LogP contribution in [-0.4, -0.2) is 65.0 Å². The summed E-state index contributed by atoms with van der Waals surface area (Å²) in [6.45, 7) is 9.42. The zero-order chi connectivity index (χ0) is 33.1. The average Bonchev–Trinajstić information content (AvgIpc) is 3.41. The van der Waals surface area contributed by atoms with Crippen molar-refractivity contribution in [2.45, 2.75) is 78.6 Å². The van der Waals surface area contributed by atoms with E-state index in [4.69, 9.17) is 4.74 Å². The number of nitrogens with one attached hydrogen (secondary N) is 4. The molecule has 0 saturated carbocycles. The van der Waals surface area contributed by atoms with Crippen LogP contribution in [-0.2, 0) is 30.5 Å². The number of ether oxygens (including phenoxy) is 1. The Hall–Kier alpha value is -4.61. The van der Waals surface area contributed by atoms with Crippen LogP contribution in [0.15, 0.2) is 54.9 Å². The Balaban J connectivity index is 1.77. The normalized spacial score (nSPS) is 16.6. The number of Topliss-reactive ketones (excluding diaryl/α,β-unsaturated/α-hetero) is 2. The van der Waals surface area contributed by atoms with E-state index in [1.807, 2.05) is 13.8 Å². The van der Waals surface area contributed by atoms with E-state index in [1.54, 1.807) is 63.5 Å². The quantitative estimate of drug-likeness (QED) is 0.184. The molecular formula is C33H43N5O7. The van der Waals surface area contributed by atoms with Gasteiger partial charge in [-0.05, 0) is 48.3 Å². The van der Waals surface area contributed by atoms with Crippen molar-refractivity contribution in [2.75, 3.05) is 6.54 Å². The molecular weight excluding hydrogens is 578 g/mol. The Labute approximate surface area is 263 Å². The van der Waals surface area contributed by atoms with E-state index in [-0.39, 0.29) is 36.8 Å². The van der Waals surface area contributed by atoms with Crippen molar-refractivity contribution >= 4 is 35.4 Å². The molecule has 0 spiro atoms. The van der Waals surface area contributed by atoms with Crippen LogP contribution in [0.4, 0.5) is 4.79 Å². The van der Waals surface area contributed by atoms with Crippen molar-refractivity contribution in [2.24, 2.45) is 17.3 Å². The second-order valence-electron chi connectivity index (χ2n) is 12.7. The van der Waals surface area contributed by atoms with Gasteiger partial charge in [0, 0.05) is 30.4 Å². The van der Waals surface area contributed by atoms with Gasteiger partial charge in [0.25, 0.3) is 0 Å². The first kappa shape index (κ1) is 34.9. The first-order chi connectivity index (χ1) is 21.3. The van der Waals surface area contributed by atoms with Gasteiger partial charge in [-0.15, -0.1) is 0 Å². The lowest BCUT2D eigenvalue weighted by Crippen LogP contribution is -2.59. The van der Waals surface area contributed by atoms with Crippen molar-refractivity contribution in [3.8, 4) is 0 Å². The molecule has 2 unspecified atom stereocenters. The van der Waals surface area contributed by atoms with Gasteiger partial charge < -0.3 is 26.0 Å². The minimum atomic E-state index is -1.29. The van der Waals surface area contributed by atoms with Gasteiger partial charge in [-0.25, -0.2) is 4.79 Å². The van der Waals surface area contributed by atoms with Gasteiger partial charge >= 0.3 is 6.09 Å². The maximum atomic E-state index is 13.7. The Morgan fingerprint density at radius 3 is 2.16 bits per heavy atom. The molecule has 1 aromatic carbocycles. The van der Waals surface area contributed by atoms with E-state index in [1.165, 1.54) is 12.1 Å². The van der Waals surface area contributed by atoms with Gasteiger partial charge in [0.1, 0.15) is 18.7 Å². The van der Waals surface area contributed by atoms with Gasteiger partial charge in [0.15, 0.2) is 0 Å². The molecule has 1 aliphatic heterocycles. The number of alkyl carbamates (subject to hydrolysis) is 1. The topological polar surface area (TPSA) is 173 Å². The minimum absolute atomic E-state index is 0.0264. The third-order valence-corrected chi connectivity index (χ3v) is 7.43. The summed E-state index contributed by atoms with van der Waals surface area (Å²) in [4.78, 5) is 82.7. The number of rotatable bonds is 14. The van der Waals surface area contributed by atoms with Crippen LogP contribution in [0.25, 0.3) is 0 Å². The lowest BCUT2D eigenvalue weighted by atomic mass is 9.86. The van der Waals surface area contributed by atoms with E-state index in [0.29, 0.717) is 13.0 Å². The van der Waals surface area contributed by atoms with Gasteiger partial charge in [0.05, 0.1) is 6.04 Å². The van der Waals surface area contributed by atoms with Crippen LogP contribution in [0.1, 0.15) is 69.8 Å². The molecule has 12 nitrogen and oxygen atoms in total. The predicted octanol–water partition coefficient (Wildman–Crippen LogP) is 2.72. The summed E-state index contributed by atoms with van der Waals surface area (Å²) in [6.07, 6.45) is 2.93. The number of carbonyl (C=O) groups excluding carboxylic acids is 6. The molecule has 12 heteroatoms. The molecule has 45 heavy (non-hydrogen) atoms. The van der Waals surface area contributed by atoms with Crippen LogP contribution in [0.2, 0.25) is 0 Å². The van der Waals surface area contributed by atoms with Crippen LogP contribution < -0.4 is 21.3 Å². The van der Waals surface area contributed by atoms with Crippen LogP contribution in [0, 0.1) is 17.3 Å². The van der Waals surface area contributed by atoms with Crippen molar-refractivity contribution in [3.63, 3.8) is 0 Å². The number of ketones is 2. The second kappa shape index (κ2) is 15.9. The fourth-order valence-corrected chi connectivity index (χ4v) is 4.97. The largest absolute Gasteiger partial charge is 0.445 e.